The molecule has 2 aliphatic rings. The van der Waals surface area contributed by atoms with Crippen LogP contribution in [0.5, 0.6) is 5.75 Å². The van der Waals surface area contributed by atoms with Crippen molar-refractivity contribution in [1.82, 2.24) is 10.2 Å². The highest BCUT2D eigenvalue weighted by molar-refractivity contribution is 5.80. The molecule has 118 valence electrons. The summed E-state index contributed by atoms with van der Waals surface area (Å²) in [5, 5.41) is 2.91. The molecule has 22 heavy (non-hydrogen) atoms. The van der Waals surface area contributed by atoms with Gasteiger partial charge < -0.3 is 15.0 Å². The van der Waals surface area contributed by atoms with Crippen LogP contribution in [0.4, 0.5) is 0 Å². The zero-order valence-corrected chi connectivity index (χ0v) is 12.7. The van der Waals surface area contributed by atoms with E-state index in [1.807, 2.05) is 35.2 Å². The average molecular weight is 302 g/mol. The first kappa shape index (κ1) is 14.9. The Morgan fingerprint density at radius 2 is 2.05 bits per heavy atom. The van der Waals surface area contributed by atoms with Crippen molar-refractivity contribution in [2.45, 2.75) is 31.7 Å². The molecule has 1 N–H and O–H groups in total. The van der Waals surface area contributed by atoms with Crippen molar-refractivity contribution in [2.24, 2.45) is 5.92 Å². The molecule has 0 aromatic heterocycles. The van der Waals surface area contributed by atoms with Gasteiger partial charge in [0, 0.05) is 31.5 Å². The fourth-order valence-corrected chi connectivity index (χ4v) is 2.81. The lowest BCUT2D eigenvalue weighted by Crippen LogP contribution is -2.32. The number of ether oxygens (including phenoxy) is 1. The van der Waals surface area contributed by atoms with Crippen LogP contribution in [0.15, 0.2) is 30.3 Å². The number of para-hydroxylation sites is 1. The van der Waals surface area contributed by atoms with Gasteiger partial charge in [-0.05, 0) is 25.0 Å². The number of rotatable bonds is 7. The third kappa shape index (κ3) is 4.00. The molecule has 1 aliphatic carbocycles. The quantitative estimate of drug-likeness (QED) is 0.832. The highest BCUT2D eigenvalue weighted by Gasteiger charge is 2.39. The average Bonchev–Trinajstić information content (AvgIpc) is 3.30. The van der Waals surface area contributed by atoms with E-state index in [1.165, 1.54) is 0 Å². The molecule has 0 radical (unpaired) electrons. The van der Waals surface area contributed by atoms with Crippen LogP contribution in [0.25, 0.3) is 0 Å². The van der Waals surface area contributed by atoms with Gasteiger partial charge in [-0.2, -0.15) is 0 Å². The Morgan fingerprint density at radius 1 is 1.27 bits per heavy atom. The van der Waals surface area contributed by atoms with E-state index in [9.17, 15) is 9.59 Å². The Morgan fingerprint density at radius 3 is 2.77 bits per heavy atom. The van der Waals surface area contributed by atoms with Crippen molar-refractivity contribution in [3.8, 4) is 5.75 Å². The number of hydrogen-bond acceptors (Lipinski definition) is 3. The normalized spacial score (nSPS) is 21.0. The van der Waals surface area contributed by atoms with Crippen LogP contribution in [0.2, 0.25) is 0 Å². The van der Waals surface area contributed by atoms with E-state index in [0.717, 1.165) is 25.1 Å². The molecule has 5 heteroatoms. The minimum Gasteiger partial charge on any atom is -0.493 e. The van der Waals surface area contributed by atoms with E-state index >= 15 is 0 Å². The predicted octanol–water partition coefficient (Wildman–Crippen LogP) is 1.58. The number of carbonyl (C=O) groups excluding carboxylic acids is 2. The first-order chi connectivity index (χ1) is 10.7. The molecule has 1 saturated carbocycles. The van der Waals surface area contributed by atoms with Crippen LogP contribution in [0, 0.1) is 5.92 Å². The summed E-state index contributed by atoms with van der Waals surface area (Å²) in [6, 6.07) is 9.94. The minimum absolute atomic E-state index is 0.0201. The summed E-state index contributed by atoms with van der Waals surface area (Å²) in [6.07, 6.45) is 3.18. The van der Waals surface area contributed by atoms with Gasteiger partial charge in [0.2, 0.25) is 11.8 Å². The molecular formula is C17H22N2O3. The number of nitrogens with one attached hydrogen (secondary N) is 1. The number of nitrogens with zero attached hydrogens (tertiary/aromatic N) is 1. The van der Waals surface area contributed by atoms with Gasteiger partial charge in [-0.15, -0.1) is 0 Å². The third-order valence-corrected chi connectivity index (χ3v) is 4.16. The Kier molecular flexibility index (Phi) is 4.61. The second-order valence-electron chi connectivity index (χ2n) is 6.06. The SMILES string of the molecule is O=C(CCOc1ccccc1)NCC1CC(=O)N(C2CC2)C1. The third-order valence-electron chi connectivity index (χ3n) is 4.16. The topological polar surface area (TPSA) is 58.6 Å². The molecular weight excluding hydrogens is 280 g/mol. The van der Waals surface area contributed by atoms with Gasteiger partial charge in [0.05, 0.1) is 13.0 Å². The van der Waals surface area contributed by atoms with Crippen LogP contribution in [0.3, 0.4) is 0 Å². The van der Waals surface area contributed by atoms with E-state index in [4.69, 9.17) is 4.74 Å². The van der Waals surface area contributed by atoms with Crippen molar-refractivity contribution >= 4 is 11.8 Å². The monoisotopic (exact) mass is 302 g/mol. The number of hydrogen-bond donors (Lipinski definition) is 1. The van der Waals surface area contributed by atoms with Gasteiger partial charge in [-0.1, -0.05) is 18.2 Å². The van der Waals surface area contributed by atoms with Crippen molar-refractivity contribution in [2.75, 3.05) is 19.7 Å². The summed E-state index contributed by atoms with van der Waals surface area (Å²) >= 11 is 0. The van der Waals surface area contributed by atoms with Gasteiger partial charge in [0.1, 0.15) is 5.75 Å². The van der Waals surface area contributed by atoms with Crippen LogP contribution in [0.1, 0.15) is 25.7 Å². The number of carbonyl (C=O) groups is 2. The molecule has 2 amide bonds. The largest absolute Gasteiger partial charge is 0.493 e. The lowest BCUT2D eigenvalue weighted by molar-refractivity contribution is -0.128. The van der Waals surface area contributed by atoms with Crippen LogP contribution in [-0.2, 0) is 9.59 Å². The lowest BCUT2D eigenvalue weighted by atomic mass is 10.1. The fourth-order valence-electron chi connectivity index (χ4n) is 2.81. The maximum atomic E-state index is 11.8. The standard InChI is InChI=1S/C17H22N2O3/c20-16(8-9-22-15-4-2-1-3-5-15)18-11-13-10-17(21)19(12-13)14-6-7-14/h1-5,13-14H,6-12H2,(H,18,20). The predicted molar refractivity (Wildman–Crippen MR) is 82.4 cm³/mol. The molecule has 5 nitrogen and oxygen atoms in total. The molecule has 1 aromatic rings. The van der Waals surface area contributed by atoms with Gasteiger partial charge in [-0.3, -0.25) is 9.59 Å². The molecule has 1 atom stereocenters. The first-order valence-corrected chi connectivity index (χ1v) is 7.96. The molecule has 1 unspecified atom stereocenters. The zero-order chi connectivity index (χ0) is 15.4. The number of amides is 2. The number of likely N-dealkylation sites (tertiary alicyclic amines) is 1. The molecule has 1 saturated heterocycles. The fraction of sp³-hybridized carbons (Fsp3) is 0.529. The maximum Gasteiger partial charge on any atom is 0.223 e. The maximum absolute atomic E-state index is 11.8. The summed E-state index contributed by atoms with van der Waals surface area (Å²) < 4.78 is 5.50. The Hall–Kier alpha value is -2.04. The highest BCUT2D eigenvalue weighted by Crippen LogP contribution is 2.32. The second-order valence-corrected chi connectivity index (χ2v) is 6.06. The molecule has 1 heterocycles. The molecule has 0 bridgehead atoms. The van der Waals surface area contributed by atoms with Crippen molar-refractivity contribution < 1.29 is 14.3 Å². The van der Waals surface area contributed by atoms with Crippen molar-refractivity contribution in [1.29, 1.82) is 0 Å². The summed E-state index contributed by atoms with van der Waals surface area (Å²) in [5.74, 6) is 1.26. The zero-order valence-electron chi connectivity index (χ0n) is 12.7. The molecule has 3 rings (SSSR count). The molecule has 1 aliphatic heterocycles. The highest BCUT2D eigenvalue weighted by atomic mass is 16.5. The molecule has 2 fully saturated rings. The first-order valence-electron chi connectivity index (χ1n) is 7.96. The smallest absolute Gasteiger partial charge is 0.223 e. The molecule has 0 spiro atoms. The number of benzene rings is 1. The minimum atomic E-state index is -0.0201. The summed E-state index contributed by atoms with van der Waals surface area (Å²) in [6.45, 7) is 1.75. The van der Waals surface area contributed by atoms with Crippen LogP contribution in [-0.4, -0.2) is 42.5 Å². The van der Waals surface area contributed by atoms with E-state index in [1.54, 1.807) is 0 Å². The van der Waals surface area contributed by atoms with Gasteiger partial charge in [0.15, 0.2) is 0 Å². The Bertz CT molecular complexity index is 528. The summed E-state index contributed by atoms with van der Waals surface area (Å²) in [4.78, 5) is 25.6. The van der Waals surface area contributed by atoms with E-state index < -0.39 is 0 Å². The van der Waals surface area contributed by atoms with E-state index in [2.05, 4.69) is 5.32 Å². The Balaban J connectivity index is 1.32. The summed E-state index contributed by atoms with van der Waals surface area (Å²) in [7, 11) is 0. The Labute approximate surface area is 130 Å². The second kappa shape index (κ2) is 6.81. The lowest BCUT2D eigenvalue weighted by Gasteiger charge is -2.15. The van der Waals surface area contributed by atoms with Gasteiger partial charge in [0.25, 0.3) is 0 Å². The van der Waals surface area contributed by atoms with Crippen molar-refractivity contribution in [3.63, 3.8) is 0 Å². The van der Waals surface area contributed by atoms with Crippen molar-refractivity contribution in [3.05, 3.63) is 30.3 Å². The van der Waals surface area contributed by atoms with Gasteiger partial charge >= 0.3 is 0 Å². The summed E-state index contributed by atoms with van der Waals surface area (Å²) in [5.41, 5.74) is 0. The van der Waals surface area contributed by atoms with E-state index in [-0.39, 0.29) is 17.7 Å². The van der Waals surface area contributed by atoms with E-state index in [0.29, 0.717) is 32.0 Å². The van der Waals surface area contributed by atoms with Crippen LogP contribution >= 0.6 is 0 Å². The van der Waals surface area contributed by atoms with Crippen LogP contribution < -0.4 is 10.1 Å². The molecule has 1 aromatic carbocycles. The van der Waals surface area contributed by atoms with Gasteiger partial charge in [-0.25, -0.2) is 0 Å².